The zero-order chi connectivity index (χ0) is 16.7. The zero-order valence-electron chi connectivity index (χ0n) is 12.6. The van der Waals surface area contributed by atoms with Gasteiger partial charge < -0.3 is 10.1 Å². The molecule has 0 saturated heterocycles. The molecule has 0 heterocycles. The van der Waals surface area contributed by atoms with E-state index in [9.17, 15) is 4.79 Å². The molecule has 120 valence electrons. The largest absolute Gasteiger partial charge is 0.493 e. The van der Waals surface area contributed by atoms with E-state index in [1.54, 1.807) is 18.2 Å². The van der Waals surface area contributed by atoms with Crippen molar-refractivity contribution >= 4 is 44.9 Å². The Hall–Kier alpha value is -1.92. The average Bonchev–Trinajstić information content (AvgIpc) is 2.53. The molecule has 0 aliphatic carbocycles. The number of thiocarbonyl (C=S) groups is 1. The molecule has 0 bridgehead atoms. The summed E-state index contributed by atoms with van der Waals surface area (Å²) in [4.78, 5) is 12.4. The smallest absolute Gasteiger partial charge is 0.261 e. The fourth-order valence-corrected chi connectivity index (χ4v) is 2.50. The van der Waals surface area contributed by atoms with Crippen LogP contribution in [0.1, 0.15) is 23.7 Å². The van der Waals surface area contributed by atoms with Gasteiger partial charge in [-0.25, -0.2) is 0 Å². The first-order valence-electron chi connectivity index (χ1n) is 7.20. The van der Waals surface area contributed by atoms with Gasteiger partial charge in [0.1, 0.15) is 5.75 Å². The highest BCUT2D eigenvalue weighted by Crippen LogP contribution is 2.18. The van der Waals surface area contributed by atoms with Crippen molar-refractivity contribution in [3.63, 3.8) is 0 Å². The lowest BCUT2D eigenvalue weighted by Gasteiger charge is -2.12. The van der Waals surface area contributed by atoms with Crippen molar-refractivity contribution in [2.45, 2.75) is 13.3 Å². The zero-order valence-corrected chi connectivity index (χ0v) is 15.0. The van der Waals surface area contributed by atoms with Crippen LogP contribution in [0.15, 0.2) is 53.0 Å². The maximum absolute atomic E-state index is 12.4. The third kappa shape index (κ3) is 5.33. The van der Waals surface area contributed by atoms with Gasteiger partial charge in [0.25, 0.3) is 5.91 Å². The van der Waals surface area contributed by atoms with Crippen molar-refractivity contribution < 1.29 is 9.53 Å². The van der Waals surface area contributed by atoms with E-state index in [1.165, 1.54) is 0 Å². The van der Waals surface area contributed by atoms with Gasteiger partial charge in [0.15, 0.2) is 5.11 Å². The molecule has 6 heteroatoms. The third-order valence-corrected chi connectivity index (χ3v) is 3.60. The van der Waals surface area contributed by atoms with Crippen LogP contribution in [0.3, 0.4) is 0 Å². The second-order valence-electron chi connectivity index (χ2n) is 4.76. The van der Waals surface area contributed by atoms with E-state index in [2.05, 4.69) is 26.6 Å². The summed E-state index contributed by atoms with van der Waals surface area (Å²) in [5.74, 6) is 0.251. The molecule has 0 spiro atoms. The van der Waals surface area contributed by atoms with Gasteiger partial charge in [-0.05, 0) is 49.0 Å². The van der Waals surface area contributed by atoms with Crippen LogP contribution >= 0.6 is 28.1 Å². The Morgan fingerprint density at radius 2 is 2.00 bits per heavy atom. The number of amides is 1. The van der Waals surface area contributed by atoms with Crippen LogP contribution in [-0.4, -0.2) is 17.6 Å². The number of rotatable bonds is 5. The molecule has 23 heavy (non-hydrogen) atoms. The SMILES string of the molecule is CCCOc1ccccc1C(=O)NC(=S)Nc1cccc(Br)c1. The molecule has 0 radical (unpaired) electrons. The van der Waals surface area contributed by atoms with Crippen LogP contribution in [-0.2, 0) is 0 Å². The molecule has 4 nitrogen and oxygen atoms in total. The maximum Gasteiger partial charge on any atom is 0.261 e. The van der Waals surface area contributed by atoms with E-state index in [0.717, 1.165) is 16.6 Å². The van der Waals surface area contributed by atoms with Crippen molar-refractivity contribution in [1.29, 1.82) is 0 Å². The normalized spacial score (nSPS) is 10.0. The molecule has 0 saturated carbocycles. The van der Waals surface area contributed by atoms with E-state index < -0.39 is 0 Å². The summed E-state index contributed by atoms with van der Waals surface area (Å²) in [6, 6.07) is 14.6. The summed E-state index contributed by atoms with van der Waals surface area (Å²) < 4.78 is 6.52. The number of para-hydroxylation sites is 1. The summed E-state index contributed by atoms with van der Waals surface area (Å²) in [5, 5.41) is 5.88. The first-order chi connectivity index (χ1) is 11.1. The highest BCUT2D eigenvalue weighted by atomic mass is 79.9. The first kappa shape index (κ1) is 17.4. The molecule has 0 atom stereocenters. The minimum absolute atomic E-state index is 0.235. The number of halogens is 1. The molecular weight excluding hydrogens is 376 g/mol. The monoisotopic (exact) mass is 392 g/mol. The number of hydrogen-bond donors (Lipinski definition) is 2. The average molecular weight is 393 g/mol. The predicted molar refractivity (Wildman–Crippen MR) is 100 cm³/mol. The summed E-state index contributed by atoms with van der Waals surface area (Å²) in [5.41, 5.74) is 1.25. The molecule has 2 aromatic carbocycles. The number of nitrogens with one attached hydrogen (secondary N) is 2. The Bertz CT molecular complexity index is 706. The van der Waals surface area contributed by atoms with E-state index in [4.69, 9.17) is 17.0 Å². The number of ether oxygens (including phenoxy) is 1. The van der Waals surface area contributed by atoms with Gasteiger partial charge in [-0.2, -0.15) is 0 Å². The van der Waals surface area contributed by atoms with Crippen LogP contribution in [0, 0.1) is 0 Å². The second kappa shape index (κ2) is 8.64. The molecule has 0 aliphatic heterocycles. The van der Waals surface area contributed by atoms with Crippen molar-refractivity contribution in [3.05, 3.63) is 58.6 Å². The van der Waals surface area contributed by atoms with Crippen molar-refractivity contribution in [3.8, 4) is 5.75 Å². The third-order valence-electron chi connectivity index (χ3n) is 2.90. The van der Waals surface area contributed by atoms with Gasteiger partial charge in [-0.15, -0.1) is 0 Å². The molecule has 0 aromatic heterocycles. The van der Waals surface area contributed by atoms with Crippen LogP contribution in [0.2, 0.25) is 0 Å². The van der Waals surface area contributed by atoms with Crippen molar-refractivity contribution in [2.75, 3.05) is 11.9 Å². The summed E-state index contributed by atoms with van der Waals surface area (Å²) in [6.45, 7) is 2.57. The highest BCUT2D eigenvalue weighted by Gasteiger charge is 2.13. The second-order valence-corrected chi connectivity index (χ2v) is 6.09. The number of anilines is 1. The van der Waals surface area contributed by atoms with Crippen LogP contribution in [0.4, 0.5) is 5.69 Å². The maximum atomic E-state index is 12.4. The fourth-order valence-electron chi connectivity index (χ4n) is 1.89. The van der Waals surface area contributed by atoms with Crippen molar-refractivity contribution in [2.24, 2.45) is 0 Å². The van der Waals surface area contributed by atoms with Gasteiger partial charge in [0, 0.05) is 10.2 Å². The number of carbonyl (C=O) groups excluding carboxylic acids is 1. The molecule has 2 aromatic rings. The highest BCUT2D eigenvalue weighted by molar-refractivity contribution is 9.10. The number of carbonyl (C=O) groups is 1. The molecule has 1 amide bonds. The summed E-state index contributed by atoms with van der Waals surface area (Å²) >= 11 is 8.57. The van der Waals surface area contributed by atoms with Crippen LogP contribution < -0.4 is 15.4 Å². The van der Waals surface area contributed by atoms with Crippen LogP contribution in [0.5, 0.6) is 5.75 Å². The Kier molecular flexibility index (Phi) is 6.55. The Morgan fingerprint density at radius 3 is 2.74 bits per heavy atom. The molecule has 0 unspecified atom stereocenters. The van der Waals surface area contributed by atoms with E-state index >= 15 is 0 Å². The lowest BCUT2D eigenvalue weighted by molar-refractivity contribution is 0.0973. The fraction of sp³-hybridized carbons (Fsp3) is 0.176. The van der Waals surface area contributed by atoms with Gasteiger partial charge in [0.05, 0.1) is 12.2 Å². The minimum atomic E-state index is -0.302. The van der Waals surface area contributed by atoms with E-state index in [1.807, 2.05) is 37.3 Å². The number of benzene rings is 2. The molecule has 2 N–H and O–H groups in total. The molecule has 0 fully saturated rings. The van der Waals surface area contributed by atoms with E-state index in [-0.39, 0.29) is 11.0 Å². The quantitative estimate of drug-likeness (QED) is 0.741. The van der Waals surface area contributed by atoms with Crippen molar-refractivity contribution in [1.82, 2.24) is 5.32 Å². The van der Waals surface area contributed by atoms with Crippen LogP contribution in [0.25, 0.3) is 0 Å². The Balaban J connectivity index is 2.02. The molecule has 2 rings (SSSR count). The van der Waals surface area contributed by atoms with Gasteiger partial charge in [-0.3, -0.25) is 10.1 Å². The minimum Gasteiger partial charge on any atom is -0.493 e. The molecule has 0 aliphatic rings. The van der Waals surface area contributed by atoms with E-state index in [0.29, 0.717) is 17.9 Å². The van der Waals surface area contributed by atoms with Gasteiger partial charge in [0.2, 0.25) is 0 Å². The topological polar surface area (TPSA) is 50.4 Å². The standard InChI is InChI=1S/C17H17BrN2O2S/c1-2-10-22-15-9-4-3-8-14(15)16(21)20-17(23)19-13-7-5-6-12(18)11-13/h3-9,11H,2,10H2,1H3,(H2,19,20,21,23). The van der Waals surface area contributed by atoms with Gasteiger partial charge in [-0.1, -0.05) is 41.1 Å². The number of hydrogen-bond acceptors (Lipinski definition) is 3. The Morgan fingerprint density at radius 1 is 1.22 bits per heavy atom. The molecular formula is C17H17BrN2O2S. The lowest BCUT2D eigenvalue weighted by Crippen LogP contribution is -2.34. The summed E-state index contributed by atoms with van der Waals surface area (Å²) in [6.07, 6.45) is 0.874. The Labute approximate surface area is 149 Å². The van der Waals surface area contributed by atoms with Gasteiger partial charge >= 0.3 is 0 Å². The summed E-state index contributed by atoms with van der Waals surface area (Å²) in [7, 11) is 0. The lowest BCUT2D eigenvalue weighted by atomic mass is 10.2. The first-order valence-corrected chi connectivity index (χ1v) is 8.40. The predicted octanol–water partition coefficient (Wildman–Crippen LogP) is 4.36.